The molecule has 0 spiro atoms. The van der Waals surface area contributed by atoms with E-state index in [1.54, 1.807) is 6.07 Å². The molecule has 0 radical (unpaired) electrons. The van der Waals surface area contributed by atoms with E-state index >= 15 is 0 Å². The largest absolute Gasteiger partial charge is 0.464 e. The van der Waals surface area contributed by atoms with Crippen LogP contribution in [0.25, 0.3) is 0 Å². The van der Waals surface area contributed by atoms with Gasteiger partial charge in [-0.2, -0.15) is 13.2 Å². The Morgan fingerprint density at radius 1 is 1.00 bits per heavy atom. The van der Waals surface area contributed by atoms with Crippen LogP contribution in [0.4, 0.5) is 13.2 Å². The third-order valence-electron chi connectivity index (χ3n) is 2.57. The second-order valence-corrected chi connectivity index (χ2v) is 5.32. The number of hydrogen-bond acceptors (Lipinski definition) is 5. The highest BCUT2D eigenvalue weighted by Crippen LogP contribution is 2.48. The second-order valence-electron chi connectivity index (χ2n) is 4.04. The van der Waals surface area contributed by atoms with Crippen molar-refractivity contribution in [2.45, 2.75) is 24.1 Å². The fourth-order valence-corrected chi connectivity index (χ4v) is 2.66. The molecule has 8 heteroatoms. The van der Waals surface area contributed by atoms with Crippen LogP contribution in [0.3, 0.4) is 0 Å². The first-order valence-electron chi connectivity index (χ1n) is 6.44. The zero-order valence-electron chi connectivity index (χ0n) is 12.0. The van der Waals surface area contributed by atoms with Gasteiger partial charge < -0.3 is 9.47 Å². The number of esters is 2. The first-order chi connectivity index (χ1) is 10.3. The molecule has 4 nitrogen and oxygen atoms in total. The number of alkyl halides is 3. The van der Waals surface area contributed by atoms with Crippen LogP contribution < -0.4 is 0 Å². The molecule has 1 rings (SSSR count). The molecule has 0 unspecified atom stereocenters. The van der Waals surface area contributed by atoms with Crippen molar-refractivity contribution in [2.24, 2.45) is 0 Å². The minimum absolute atomic E-state index is 0.144. The van der Waals surface area contributed by atoms with Crippen molar-refractivity contribution in [2.75, 3.05) is 13.2 Å². The summed E-state index contributed by atoms with van der Waals surface area (Å²) in [6.07, 6.45) is 0. The Morgan fingerprint density at radius 2 is 1.45 bits per heavy atom. The molecule has 122 valence electrons. The zero-order chi connectivity index (χ0) is 16.8. The fraction of sp³-hybridized carbons (Fsp3) is 0.429. The van der Waals surface area contributed by atoms with Crippen LogP contribution in [0.1, 0.15) is 19.4 Å². The van der Waals surface area contributed by atoms with Crippen LogP contribution in [0, 0.1) is 0 Å². The van der Waals surface area contributed by atoms with Gasteiger partial charge in [0.05, 0.1) is 13.2 Å². The maximum Gasteiger partial charge on any atom is 0.443 e. The van der Waals surface area contributed by atoms with Crippen molar-refractivity contribution in [3.63, 3.8) is 0 Å². The van der Waals surface area contributed by atoms with Crippen molar-refractivity contribution in [1.29, 1.82) is 0 Å². The lowest BCUT2D eigenvalue weighted by Gasteiger charge is -2.29. The summed E-state index contributed by atoms with van der Waals surface area (Å²) in [5.41, 5.74) is -4.98. The van der Waals surface area contributed by atoms with Gasteiger partial charge in [0.25, 0.3) is 0 Å². The van der Waals surface area contributed by atoms with E-state index in [0.717, 1.165) is 0 Å². The summed E-state index contributed by atoms with van der Waals surface area (Å²) >= 11 is -0.751. The van der Waals surface area contributed by atoms with Crippen LogP contribution in [0.2, 0.25) is 0 Å². The van der Waals surface area contributed by atoms with Gasteiger partial charge in [-0.3, -0.25) is 0 Å². The molecule has 0 saturated carbocycles. The Balaban J connectivity index is 3.48. The van der Waals surface area contributed by atoms with Gasteiger partial charge in [-0.1, -0.05) is 30.3 Å². The molecule has 1 aromatic carbocycles. The summed E-state index contributed by atoms with van der Waals surface area (Å²) in [5, 5.41) is 0. The Morgan fingerprint density at radius 3 is 1.82 bits per heavy atom. The van der Waals surface area contributed by atoms with Crippen molar-refractivity contribution < 1.29 is 32.2 Å². The molecule has 0 amide bonds. The quantitative estimate of drug-likeness (QED) is 0.589. The molecule has 0 atom stereocenters. The molecule has 0 N–H and O–H groups in total. The maximum atomic E-state index is 13.0. The third kappa shape index (κ3) is 4.16. The summed E-state index contributed by atoms with van der Waals surface area (Å²) in [4.78, 5) is 24.4. The number of hydrogen-bond donors (Lipinski definition) is 0. The molecule has 0 aromatic heterocycles. The lowest BCUT2D eigenvalue weighted by atomic mass is 9.98. The predicted molar refractivity (Wildman–Crippen MR) is 75.0 cm³/mol. The molecule has 0 aliphatic heterocycles. The van der Waals surface area contributed by atoms with Crippen LogP contribution in [-0.2, 0) is 23.8 Å². The molecule has 0 saturated heterocycles. The molecule has 1 aromatic rings. The molecule has 0 fully saturated rings. The minimum atomic E-state index is -4.84. The van der Waals surface area contributed by atoms with Crippen molar-refractivity contribution >= 4 is 23.7 Å². The third-order valence-corrected chi connectivity index (χ3v) is 3.68. The van der Waals surface area contributed by atoms with Gasteiger partial charge in [0.15, 0.2) is 0 Å². The van der Waals surface area contributed by atoms with Crippen LogP contribution in [0.15, 0.2) is 30.3 Å². The summed E-state index contributed by atoms with van der Waals surface area (Å²) in [7, 11) is 0. The van der Waals surface area contributed by atoms with Gasteiger partial charge >= 0.3 is 17.4 Å². The molecule has 0 aliphatic carbocycles. The first-order valence-corrected chi connectivity index (χ1v) is 7.26. The van der Waals surface area contributed by atoms with Gasteiger partial charge in [0.1, 0.15) is 0 Å². The number of rotatable bonds is 6. The summed E-state index contributed by atoms with van der Waals surface area (Å²) in [6, 6.07) is 6.93. The van der Waals surface area contributed by atoms with Gasteiger partial charge in [-0.25, -0.2) is 9.59 Å². The average Bonchev–Trinajstić information content (AvgIpc) is 2.45. The summed E-state index contributed by atoms with van der Waals surface area (Å²) < 4.78 is 45.8. The minimum Gasteiger partial charge on any atom is -0.464 e. The van der Waals surface area contributed by atoms with E-state index in [0.29, 0.717) is 0 Å². The smallest absolute Gasteiger partial charge is 0.443 e. The molecular weight excluding hydrogens is 321 g/mol. The highest BCUT2D eigenvalue weighted by molar-refractivity contribution is 8.02. The van der Waals surface area contributed by atoms with E-state index < -0.39 is 34.0 Å². The Kier molecular flexibility index (Phi) is 6.28. The van der Waals surface area contributed by atoms with E-state index in [2.05, 4.69) is 0 Å². The number of halogens is 3. The van der Waals surface area contributed by atoms with Gasteiger partial charge in [-0.05, 0) is 31.2 Å². The van der Waals surface area contributed by atoms with Crippen molar-refractivity contribution in [1.82, 2.24) is 0 Å². The van der Waals surface area contributed by atoms with Gasteiger partial charge in [0.2, 0.25) is 4.75 Å². The van der Waals surface area contributed by atoms with Gasteiger partial charge in [0, 0.05) is 0 Å². The standard InChI is InChI=1S/C14H15F3O4S/c1-3-20-11(18)13(12(19)21-4-2,22-14(15,16)17)10-8-6-5-7-9-10/h5-9H,3-4H2,1-2H3. The van der Waals surface area contributed by atoms with Crippen molar-refractivity contribution in [3.8, 4) is 0 Å². The van der Waals surface area contributed by atoms with Crippen molar-refractivity contribution in [3.05, 3.63) is 35.9 Å². The molecule has 0 bridgehead atoms. The van der Waals surface area contributed by atoms with E-state index in [1.165, 1.54) is 38.1 Å². The lowest BCUT2D eigenvalue weighted by Crippen LogP contribution is -2.45. The van der Waals surface area contributed by atoms with E-state index in [9.17, 15) is 22.8 Å². The first kappa shape index (κ1) is 18.3. The molecule has 0 heterocycles. The maximum absolute atomic E-state index is 13.0. The van der Waals surface area contributed by atoms with E-state index in [1.807, 2.05) is 0 Å². The van der Waals surface area contributed by atoms with Crippen LogP contribution >= 0.6 is 11.8 Å². The molecule has 22 heavy (non-hydrogen) atoms. The van der Waals surface area contributed by atoms with Crippen LogP contribution in [0.5, 0.6) is 0 Å². The highest BCUT2D eigenvalue weighted by atomic mass is 32.2. The lowest BCUT2D eigenvalue weighted by molar-refractivity contribution is -0.159. The normalized spacial score (nSPS) is 11.9. The Hall–Kier alpha value is -1.70. The number of thioether (sulfide) groups is 1. The van der Waals surface area contributed by atoms with E-state index in [4.69, 9.17) is 9.47 Å². The summed E-state index contributed by atoms with van der Waals surface area (Å²) in [6.45, 7) is 2.56. The molecule has 0 aliphatic rings. The Bertz CT molecular complexity index is 499. The van der Waals surface area contributed by atoms with Gasteiger partial charge in [-0.15, -0.1) is 0 Å². The zero-order valence-corrected chi connectivity index (χ0v) is 12.8. The van der Waals surface area contributed by atoms with E-state index in [-0.39, 0.29) is 18.8 Å². The monoisotopic (exact) mass is 336 g/mol. The second kappa shape index (κ2) is 7.53. The Labute approximate surface area is 130 Å². The highest BCUT2D eigenvalue weighted by Gasteiger charge is 2.58. The number of carbonyl (C=O) groups is 2. The number of carbonyl (C=O) groups excluding carboxylic acids is 2. The number of ether oxygens (including phenoxy) is 2. The molecular formula is C14H15F3O4S. The topological polar surface area (TPSA) is 52.6 Å². The fourth-order valence-electron chi connectivity index (χ4n) is 1.77. The SMILES string of the molecule is CCOC(=O)C(SC(F)(F)F)(C(=O)OCC)c1ccccc1. The van der Waals surface area contributed by atoms with Crippen LogP contribution in [-0.4, -0.2) is 30.7 Å². The number of benzene rings is 1. The average molecular weight is 336 g/mol. The summed E-state index contributed by atoms with van der Waals surface area (Å²) in [5.74, 6) is -2.61. The predicted octanol–water partition coefficient (Wildman–Crippen LogP) is 3.26.